The van der Waals surface area contributed by atoms with E-state index in [0.29, 0.717) is 16.9 Å². The first kappa shape index (κ1) is 13.8. The summed E-state index contributed by atoms with van der Waals surface area (Å²) in [6.07, 6.45) is 3.11. The van der Waals surface area contributed by atoms with Gasteiger partial charge in [-0.05, 0) is 41.6 Å². The molecular formula is C14H12N6O2. The molecule has 0 aliphatic rings. The van der Waals surface area contributed by atoms with E-state index in [9.17, 15) is 4.79 Å². The van der Waals surface area contributed by atoms with Crippen LogP contribution in [0.5, 0.6) is 0 Å². The van der Waals surface area contributed by atoms with Crippen molar-refractivity contribution >= 4 is 11.6 Å². The van der Waals surface area contributed by atoms with Crippen LogP contribution < -0.4 is 5.32 Å². The standard InChI is InChI=1S/C14H12N6O2/c21-9-13-17-19-20(18-13)12-5-3-11(4-6-12)16-14(22)10-2-1-7-15-8-10/h1-8,21H,9H2,(H,16,22). The fourth-order valence-electron chi connectivity index (χ4n) is 1.79. The number of tetrazole rings is 1. The molecular weight excluding hydrogens is 284 g/mol. The van der Waals surface area contributed by atoms with Crippen LogP contribution in [0.1, 0.15) is 16.2 Å². The number of benzene rings is 1. The summed E-state index contributed by atoms with van der Waals surface area (Å²) >= 11 is 0. The first-order valence-corrected chi connectivity index (χ1v) is 6.48. The van der Waals surface area contributed by atoms with Crippen LogP contribution >= 0.6 is 0 Å². The number of aliphatic hydroxyl groups excluding tert-OH is 1. The summed E-state index contributed by atoms with van der Waals surface area (Å²) in [7, 11) is 0. The number of pyridine rings is 1. The zero-order valence-electron chi connectivity index (χ0n) is 11.4. The van der Waals surface area contributed by atoms with Crippen molar-refractivity contribution in [3.63, 3.8) is 0 Å². The number of hydrogen-bond acceptors (Lipinski definition) is 6. The maximum atomic E-state index is 12.0. The molecule has 0 saturated heterocycles. The topological polar surface area (TPSA) is 106 Å². The van der Waals surface area contributed by atoms with Gasteiger partial charge in [-0.1, -0.05) is 0 Å². The first-order valence-electron chi connectivity index (χ1n) is 6.48. The van der Waals surface area contributed by atoms with E-state index in [1.54, 1.807) is 42.6 Å². The van der Waals surface area contributed by atoms with Crippen molar-refractivity contribution in [3.8, 4) is 5.69 Å². The second-order valence-electron chi connectivity index (χ2n) is 4.40. The van der Waals surface area contributed by atoms with Crippen molar-refractivity contribution in [2.24, 2.45) is 0 Å². The third-order valence-electron chi connectivity index (χ3n) is 2.88. The fraction of sp³-hybridized carbons (Fsp3) is 0.0714. The Balaban J connectivity index is 1.73. The van der Waals surface area contributed by atoms with Crippen molar-refractivity contribution in [1.29, 1.82) is 0 Å². The summed E-state index contributed by atoms with van der Waals surface area (Å²) < 4.78 is 0. The number of anilines is 1. The van der Waals surface area contributed by atoms with E-state index in [1.807, 2.05) is 0 Å². The summed E-state index contributed by atoms with van der Waals surface area (Å²) in [4.78, 5) is 17.2. The lowest BCUT2D eigenvalue weighted by Gasteiger charge is -2.05. The van der Waals surface area contributed by atoms with Crippen molar-refractivity contribution in [2.45, 2.75) is 6.61 Å². The van der Waals surface area contributed by atoms with E-state index >= 15 is 0 Å². The molecule has 0 atom stereocenters. The molecule has 110 valence electrons. The number of nitrogens with zero attached hydrogens (tertiary/aromatic N) is 5. The number of carbonyl (C=O) groups excluding carboxylic acids is 1. The molecule has 8 heteroatoms. The molecule has 3 aromatic rings. The Hall–Kier alpha value is -3.13. The number of aromatic nitrogens is 5. The molecule has 0 fully saturated rings. The van der Waals surface area contributed by atoms with Gasteiger partial charge in [0.2, 0.25) is 5.82 Å². The SMILES string of the molecule is O=C(Nc1ccc(-n2nnc(CO)n2)cc1)c1cccnc1. The lowest BCUT2D eigenvalue weighted by atomic mass is 10.2. The largest absolute Gasteiger partial charge is 0.388 e. The van der Waals surface area contributed by atoms with Crippen LogP contribution in [0.3, 0.4) is 0 Å². The van der Waals surface area contributed by atoms with Gasteiger partial charge in [0.15, 0.2) is 0 Å². The monoisotopic (exact) mass is 296 g/mol. The van der Waals surface area contributed by atoms with Crippen molar-refractivity contribution in [2.75, 3.05) is 5.32 Å². The molecule has 0 radical (unpaired) electrons. The van der Waals surface area contributed by atoms with E-state index < -0.39 is 0 Å². The number of carbonyl (C=O) groups is 1. The molecule has 0 spiro atoms. The Morgan fingerprint density at radius 2 is 2.05 bits per heavy atom. The predicted octanol–water partition coefficient (Wildman–Crippen LogP) is 0.802. The second-order valence-corrected chi connectivity index (χ2v) is 4.40. The molecule has 8 nitrogen and oxygen atoms in total. The highest BCUT2D eigenvalue weighted by molar-refractivity contribution is 6.04. The molecule has 2 N–H and O–H groups in total. The number of aliphatic hydroxyl groups is 1. The van der Waals surface area contributed by atoms with Gasteiger partial charge in [0, 0.05) is 18.1 Å². The van der Waals surface area contributed by atoms with Crippen LogP contribution in [0.25, 0.3) is 5.69 Å². The highest BCUT2D eigenvalue weighted by atomic mass is 16.3. The number of hydrogen-bond donors (Lipinski definition) is 2. The quantitative estimate of drug-likeness (QED) is 0.737. The molecule has 1 aromatic carbocycles. The van der Waals surface area contributed by atoms with E-state index in [4.69, 9.17) is 5.11 Å². The zero-order valence-corrected chi connectivity index (χ0v) is 11.4. The Bertz CT molecular complexity index is 770. The second kappa shape index (κ2) is 6.10. The number of rotatable bonds is 4. The number of nitrogens with one attached hydrogen (secondary N) is 1. The van der Waals surface area contributed by atoms with Gasteiger partial charge < -0.3 is 10.4 Å². The molecule has 0 aliphatic carbocycles. The van der Waals surface area contributed by atoms with Crippen LogP contribution in [-0.4, -0.2) is 36.2 Å². The van der Waals surface area contributed by atoms with Gasteiger partial charge in [-0.25, -0.2) is 0 Å². The van der Waals surface area contributed by atoms with Gasteiger partial charge in [-0.15, -0.1) is 15.0 Å². The van der Waals surface area contributed by atoms with Crippen LogP contribution in [0.15, 0.2) is 48.8 Å². The van der Waals surface area contributed by atoms with E-state index in [1.165, 1.54) is 11.0 Å². The fourth-order valence-corrected chi connectivity index (χ4v) is 1.79. The Kier molecular flexibility index (Phi) is 3.84. The molecule has 0 bridgehead atoms. The summed E-state index contributed by atoms with van der Waals surface area (Å²) in [5.74, 6) is 0.0104. The minimum absolute atomic E-state index is 0.234. The predicted molar refractivity (Wildman–Crippen MR) is 77.3 cm³/mol. The summed E-state index contributed by atoms with van der Waals surface area (Å²) in [6, 6.07) is 10.3. The van der Waals surface area contributed by atoms with Crippen LogP contribution in [0, 0.1) is 0 Å². The van der Waals surface area contributed by atoms with Gasteiger partial charge in [0.05, 0.1) is 11.3 Å². The van der Waals surface area contributed by atoms with Gasteiger partial charge in [0.25, 0.3) is 5.91 Å². The third kappa shape index (κ3) is 2.96. The molecule has 2 heterocycles. The highest BCUT2D eigenvalue weighted by Crippen LogP contribution is 2.13. The van der Waals surface area contributed by atoms with E-state index in [-0.39, 0.29) is 18.3 Å². The lowest BCUT2D eigenvalue weighted by molar-refractivity contribution is 0.102. The zero-order chi connectivity index (χ0) is 15.4. The summed E-state index contributed by atoms with van der Waals surface area (Å²) in [6.45, 7) is -0.265. The van der Waals surface area contributed by atoms with Gasteiger partial charge in [-0.2, -0.15) is 0 Å². The molecule has 3 rings (SSSR count). The van der Waals surface area contributed by atoms with Crippen molar-refractivity contribution in [3.05, 3.63) is 60.2 Å². The molecule has 0 aliphatic heterocycles. The van der Waals surface area contributed by atoms with Gasteiger partial charge in [0.1, 0.15) is 6.61 Å². The minimum Gasteiger partial charge on any atom is -0.388 e. The molecule has 1 amide bonds. The molecule has 0 unspecified atom stereocenters. The molecule has 22 heavy (non-hydrogen) atoms. The Morgan fingerprint density at radius 3 is 2.68 bits per heavy atom. The summed E-state index contributed by atoms with van der Waals surface area (Å²) in [5, 5.41) is 23.2. The number of amides is 1. The Labute approximate surface area is 125 Å². The van der Waals surface area contributed by atoms with E-state index in [2.05, 4.69) is 25.7 Å². The Morgan fingerprint density at radius 1 is 1.23 bits per heavy atom. The minimum atomic E-state index is -0.265. The van der Waals surface area contributed by atoms with E-state index in [0.717, 1.165) is 0 Å². The average molecular weight is 296 g/mol. The average Bonchev–Trinajstić information content (AvgIpc) is 3.05. The maximum absolute atomic E-state index is 12.0. The lowest BCUT2D eigenvalue weighted by Crippen LogP contribution is -2.12. The third-order valence-corrected chi connectivity index (χ3v) is 2.88. The normalized spacial score (nSPS) is 10.4. The van der Waals surface area contributed by atoms with Gasteiger partial charge in [-0.3, -0.25) is 9.78 Å². The smallest absolute Gasteiger partial charge is 0.257 e. The van der Waals surface area contributed by atoms with Crippen LogP contribution in [-0.2, 0) is 6.61 Å². The molecule has 2 aromatic heterocycles. The maximum Gasteiger partial charge on any atom is 0.257 e. The summed E-state index contributed by atoms with van der Waals surface area (Å²) in [5.41, 5.74) is 1.80. The van der Waals surface area contributed by atoms with Crippen LogP contribution in [0.2, 0.25) is 0 Å². The molecule has 0 saturated carbocycles. The van der Waals surface area contributed by atoms with Crippen molar-refractivity contribution in [1.82, 2.24) is 25.2 Å². The first-order chi connectivity index (χ1) is 10.8. The van der Waals surface area contributed by atoms with Crippen LogP contribution in [0.4, 0.5) is 5.69 Å². The highest BCUT2D eigenvalue weighted by Gasteiger charge is 2.07. The van der Waals surface area contributed by atoms with Gasteiger partial charge >= 0.3 is 0 Å². The van der Waals surface area contributed by atoms with Crippen molar-refractivity contribution < 1.29 is 9.90 Å².